The quantitative estimate of drug-likeness (QED) is 0.761. The van der Waals surface area contributed by atoms with Crippen LogP contribution in [-0.2, 0) is 0 Å². The van der Waals surface area contributed by atoms with Crippen LogP contribution in [-0.4, -0.2) is 23.1 Å². The summed E-state index contributed by atoms with van der Waals surface area (Å²) in [6.07, 6.45) is 2.79. The maximum absolute atomic E-state index is 8.89. The van der Waals surface area contributed by atoms with Crippen molar-refractivity contribution in [3.05, 3.63) is 17.5 Å². The molecule has 0 amide bonds. The predicted octanol–water partition coefficient (Wildman–Crippen LogP) is 2.53. The minimum absolute atomic E-state index is 0.281. The largest absolute Gasteiger partial charge is 0.340 e. The predicted molar refractivity (Wildman–Crippen MR) is 71.3 cm³/mol. The van der Waals surface area contributed by atoms with Gasteiger partial charge in [-0.25, -0.2) is 9.97 Å². The third-order valence-corrected chi connectivity index (χ3v) is 4.13. The number of hydrogen-bond donors (Lipinski definition) is 0. The molecule has 0 aromatic carbocycles. The lowest BCUT2D eigenvalue weighted by molar-refractivity contribution is 0.192. The summed E-state index contributed by atoms with van der Waals surface area (Å²) < 4.78 is 0. The third kappa shape index (κ3) is 2.31. The van der Waals surface area contributed by atoms with E-state index in [0.717, 1.165) is 31.2 Å². The number of aromatic nitrogens is 2. The van der Waals surface area contributed by atoms with Gasteiger partial charge in [-0.15, -0.1) is 0 Å². The van der Waals surface area contributed by atoms with Crippen LogP contribution < -0.4 is 4.90 Å². The molecular weight excluding hydrogens is 224 g/mol. The van der Waals surface area contributed by atoms with Crippen LogP contribution in [0, 0.1) is 29.6 Å². The number of piperidine rings is 1. The van der Waals surface area contributed by atoms with Crippen LogP contribution in [0.4, 0.5) is 5.95 Å². The van der Waals surface area contributed by atoms with Gasteiger partial charge < -0.3 is 4.90 Å². The summed E-state index contributed by atoms with van der Waals surface area (Å²) in [5, 5.41) is 8.89. The van der Waals surface area contributed by atoms with Crippen molar-refractivity contribution in [1.82, 2.24) is 9.97 Å². The highest BCUT2D eigenvalue weighted by Crippen LogP contribution is 2.35. The Balaban J connectivity index is 2.23. The molecule has 0 bridgehead atoms. The van der Waals surface area contributed by atoms with Crippen LogP contribution in [0.1, 0.15) is 38.4 Å². The lowest BCUT2D eigenvalue weighted by Gasteiger charge is -2.42. The summed E-state index contributed by atoms with van der Waals surface area (Å²) in [4.78, 5) is 11.0. The molecule has 0 spiro atoms. The smallest absolute Gasteiger partial charge is 0.225 e. The zero-order valence-corrected chi connectivity index (χ0v) is 11.6. The van der Waals surface area contributed by atoms with Crippen LogP contribution in [0.5, 0.6) is 0 Å². The lowest BCUT2D eigenvalue weighted by atomic mass is 9.75. The SMILES string of the molecule is Cc1nc(N2CC[C@@H](C)C(C)(C)C2)ncc1C#N. The first kappa shape index (κ1) is 12.8. The zero-order valence-electron chi connectivity index (χ0n) is 11.6. The summed E-state index contributed by atoms with van der Waals surface area (Å²) in [7, 11) is 0. The number of anilines is 1. The Morgan fingerprint density at radius 2 is 2.22 bits per heavy atom. The van der Waals surface area contributed by atoms with E-state index < -0.39 is 0 Å². The monoisotopic (exact) mass is 244 g/mol. The van der Waals surface area contributed by atoms with Crippen molar-refractivity contribution in [2.24, 2.45) is 11.3 Å². The maximum atomic E-state index is 8.89. The molecule has 1 aromatic heterocycles. The summed E-state index contributed by atoms with van der Waals surface area (Å²) in [5.74, 6) is 1.47. The van der Waals surface area contributed by atoms with E-state index in [4.69, 9.17) is 5.26 Å². The maximum Gasteiger partial charge on any atom is 0.225 e. The molecule has 0 unspecified atom stereocenters. The second kappa shape index (κ2) is 4.56. The normalized spacial score (nSPS) is 22.6. The first-order valence-electron chi connectivity index (χ1n) is 6.43. The number of nitrogens with zero attached hydrogens (tertiary/aromatic N) is 4. The molecule has 0 N–H and O–H groups in total. The summed E-state index contributed by atoms with van der Waals surface area (Å²) in [6, 6.07) is 2.11. The second-order valence-corrected chi connectivity index (χ2v) is 5.88. The molecular formula is C14H20N4. The van der Waals surface area contributed by atoms with Gasteiger partial charge >= 0.3 is 0 Å². The summed E-state index contributed by atoms with van der Waals surface area (Å²) in [5.41, 5.74) is 1.60. The molecule has 0 aliphatic carbocycles. The van der Waals surface area contributed by atoms with Gasteiger partial charge in [0.25, 0.3) is 0 Å². The Hall–Kier alpha value is -1.63. The van der Waals surface area contributed by atoms with Crippen molar-refractivity contribution in [3.8, 4) is 6.07 Å². The highest BCUT2D eigenvalue weighted by molar-refractivity contribution is 5.38. The molecule has 1 fully saturated rings. The van der Waals surface area contributed by atoms with E-state index in [1.54, 1.807) is 6.20 Å². The highest BCUT2D eigenvalue weighted by atomic mass is 15.3. The molecule has 2 rings (SSSR count). The van der Waals surface area contributed by atoms with Gasteiger partial charge in [0.1, 0.15) is 6.07 Å². The number of nitriles is 1. The standard InChI is InChI=1S/C14H20N4/c1-10-5-6-18(9-14(10,3)4)13-16-8-12(7-15)11(2)17-13/h8,10H,5-6,9H2,1-4H3/t10-/m1/s1. The molecule has 1 atom stereocenters. The molecule has 1 aliphatic heterocycles. The minimum Gasteiger partial charge on any atom is -0.340 e. The molecule has 0 radical (unpaired) electrons. The van der Waals surface area contributed by atoms with Gasteiger partial charge in [-0.1, -0.05) is 20.8 Å². The van der Waals surface area contributed by atoms with E-state index in [9.17, 15) is 0 Å². The number of rotatable bonds is 1. The van der Waals surface area contributed by atoms with E-state index in [0.29, 0.717) is 11.5 Å². The van der Waals surface area contributed by atoms with Gasteiger partial charge in [0.05, 0.1) is 17.5 Å². The molecule has 96 valence electrons. The Labute approximate surface area is 109 Å². The molecule has 1 saturated heterocycles. The van der Waals surface area contributed by atoms with Crippen LogP contribution in [0.15, 0.2) is 6.20 Å². The van der Waals surface area contributed by atoms with Gasteiger partial charge in [0, 0.05) is 13.1 Å². The molecule has 18 heavy (non-hydrogen) atoms. The lowest BCUT2D eigenvalue weighted by Crippen LogP contribution is -2.45. The Morgan fingerprint density at radius 1 is 1.50 bits per heavy atom. The third-order valence-electron chi connectivity index (χ3n) is 4.13. The van der Waals surface area contributed by atoms with Crippen LogP contribution in [0.2, 0.25) is 0 Å². The molecule has 4 heteroatoms. The topological polar surface area (TPSA) is 52.8 Å². The molecule has 2 heterocycles. The fraction of sp³-hybridized carbons (Fsp3) is 0.643. The van der Waals surface area contributed by atoms with Crippen molar-refractivity contribution in [2.75, 3.05) is 18.0 Å². The van der Waals surface area contributed by atoms with Gasteiger partial charge in [0.15, 0.2) is 0 Å². The fourth-order valence-electron chi connectivity index (χ4n) is 2.35. The van der Waals surface area contributed by atoms with Crippen molar-refractivity contribution < 1.29 is 0 Å². The van der Waals surface area contributed by atoms with Crippen LogP contribution in [0.3, 0.4) is 0 Å². The van der Waals surface area contributed by atoms with Crippen molar-refractivity contribution in [3.63, 3.8) is 0 Å². The van der Waals surface area contributed by atoms with Crippen molar-refractivity contribution >= 4 is 5.95 Å². The minimum atomic E-state index is 0.281. The fourth-order valence-corrected chi connectivity index (χ4v) is 2.35. The molecule has 4 nitrogen and oxygen atoms in total. The number of aryl methyl sites for hydroxylation is 1. The van der Waals surface area contributed by atoms with Gasteiger partial charge in [-0.05, 0) is 24.7 Å². The van der Waals surface area contributed by atoms with E-state index >= 15 is 0 Å². The van der Waals surface area contributed by atoms with Crippen molar-refractivity contribution in [1.29, 1.82) is 5.26 Å². The van der Waals surface area contributed by atoms with E-state index in [2.05, 4.69) is 41.7 Å². The number of hydrogen-bond acceptors (Lipinski definition) is 4. The first-order valence-corrected chi connectivity index (χ1v) is 6.43. The van der Waals surface area contributed by atoms with Gasteiger partial charge in [-0.2, -0.15) is 5.26 Å². The van der Waals surface area contributed by atoms with E-state index in [-0.39, 0.29) is 5.41 Å². The zero-order chi connectivity index (χ0) is 13.3. The highest BCUT2D eigenvalue weighted by Gasteiger charge is 2.33. The molecule has 0 saturated carbocycles. The van der Waals surface area contributed by atoms with E-state index in [1.165, 1.54) is 0 Å². The van der Waals surface area contributed by atoms with Gasteiger partial charge in [0.2, 0.25) is 5.95 Å². The summed E-state index contributed by atoms with van der Waals surface area (Å²) in [6.45, 7) is 10.7. The van der Waals surface area contributed by atoms with Gasteiger partial charge in [-0.3, -0.25) is 0 Å². The Morgan fingerprint density at radius 3 is 2.78 bits per heavy atom. The Kier molecular flexibility index (Phi) is 3.25. The van der Waals surface area contributed by atoms with Crippen LogP contribution >= 0.6 is 0 Å². The first-order chi connectivity index (χ1) is 8.44. The van der Waals surface area contributed by atoms with Crippen molar-refractivity contribution in [2.45, 2.75) is 34.1 Å². The van der Waals surface area contributed by atoms with Crippen LogP contribution in [0.25, 0.3) is 0 Å². The second-order valence-electron chi connectivity index (χ2n) is 5.88. The average Bonchev–Trinajstić information content (AvgIpc) is 2.32. The summed E-state index contributed by atoms with van der Waals surface area (Å²) >= 11 is 0. The average molecular weight is 244 g/mol. The Bertz CT molecular complexity index is 487. The molecule has 1 aliphatic rings. The van der Waals surface area contributed by atoms with E-state index in [1.807, 2.05) is 6.92 Å². The molecule has 1 aromatic rings.